The Hall–Kier alpha value is -3.13. The Morgan fingerprint density at radius 3 is 2.22 bits per heavy atom. The molecule has 196 valence electrons. The molecular formula is C23H26F2N8O2S2. The van der Waals surface area contributed by atoms with Crippen LogP contribution < -0.4 is 15.5 Å². The van der Waals surface area contributed by atoms with Gasteiger partial charge in [0.1, 0.15) is 15.8 Å². The topological polar surface area (TPSA) is 126 Å². The van der Waals surface area contributed by atoms with Crippen LogP contribution in [0.4, 0.5) is 24.9 Å². The van der Waals surface area contributed by atoms with Crippen LogP contribution in [0.15, 0.2) is 18.2 Å². The summed E-state index contributed by atoms with van der Waals surface area (Å²) >= 11 is 2.77. The predicted molar refractivity (Wildman–Crippen MR) is 136 cm³/mol. The number of alkyl halides is 2. The van der Waals surface area contributed by atoms with Crippen LogP contribution in [0.25, 0.3) is 0 Å². The summed E-state index contributed by atoms with van der Waals surface area (Å²) in [6.45, 7) is 1.07. The Morgan fingerprint density at radius 2 is 1.62 bits per heavy atom. The Balaban J connectivity index is 1.16. The Labute approximate surface area is 219 Å². The molecule has 1 saturated carbocycles. The molecule has 1 aliphatic heterocycles. The SMILES string of the molecule is CCC(=O)Nc1nnc(C2CCCC(c3nnc(NC(=O)Cc4cccc(N5CC(F)(F)C5)n4)s3)C2)s1. The molecule has 2 fully saturated rings. The second-order valence-electron chi connectivity index (χ2n) is 9.28. The van der Waals surface area contributed by atoms with Gasteiger partial charge in [0.15, 0.2) is 0 Å². The number of carbonyl (C=O) groups excluding carboxylic acids is 2. The lowest BCUT2D eigenvalue weighted by atomic mass is 9.82. The largest absolute Gasteiger partial charge is 0.344 e. The zero-order valence-electron chi connectivity index (χ0n) is 20.1. The summed E-state index contributed by atoms with van der Waals surface area (Å²) in [7, 11) is 0. The van der Waals surface area contributed by atoms with Crippen LogP contribution in [0.5, 0.6) is 0 Å². The molecule has 10 nitrogen and oxygen atoms in total. The van der Waals surface area contributed by atoms with E-state index >= 15 is 0 Å². The molecule has 2 amide bonds. The fourth-order valence-corrected chi connectivity index (χ4v) is 6.30. The summed E-state index contributed by atoms with van der Waals surface area (Å²) in [5, 5.41) is 25.1. The van der Waals surface area contributed by atoms with Crippen molar-refractivity contribution in [1.82, 2.24) is 25.4 Å². The van der Waals surface area contributed by atoms with E-state index in [2.05, 4.69) is 36.0 Å². The van der Waals surface area contributed by atoms with Crippen LogP contribution in [-0.2, 0) is 16.0 Å². The highest BCUT2D eigenvalue weighted by atomic mass is 32.1. The number of pyridine rings is 1. The molecule has 2 N–H and O–H groups in total. The van der Waals surface area contributed by atoms with Crippen LogP contribution in [0.1, 0.15) is 66.6 Å². The number of halogens is 2. The lowest BCUT2D eigenvalue weighted by molar-refractivity contribution is -0.116. The number of carbonyl (C=O) groups is 2. The number of hydrogen-bond donors (Lipinski definition) is 2. The molecule has 0 aromatic carbocycles. The molecule has 5 rings (SSSR count). The average molecular weight is 549 g/mol. The van der Waals surface area contributed by atoms with Gasteiger partial charge in [-0.3, -0.25) is 9.59 Å². The van der Waals surface area contributed by atoms with Crippen molar-refractivity contribution in [2.24, 2.45) is 0 Å². The van der Waals surface area contributed by atoms with Crippen molar-refractivity contribution in [3.63, 3.8) is 0 Å². The van der Waals surface area contributed by atoms with Gasteiger partial charge in [0.05, 0.1) is 25.2 Å². The number of hydrogen-bond acceptors (Lipinski definition) is 10. The standard InChI is InChI=1S/C23H26F2N8O2S2/c1-2-17(34)27-21-31-29-19(36-21)13-5-3-6-14(9-13)20-30-32-22(37-20)28-18(35)10-15-7-4-8-16(26-15)33-11-23(24,25)12-33/h4,7-8,13-14H,2-3,5-6,9-12H2,1H3,(H,27,31,34)(H,28,32,35). The lowest BCUT2D eigenvalue weighted by Crippen LogP contribution is -2.56. The molecule has 1 aliphatic carbocycles. The first kappa shape index (κ1) is 25.5. The summed E-state index contributed by atoms with van der Waals surface area (Å²) in [5.74, 6) is -2.19. The van der Waals surface area contributed by atoms with Gasteiger partial charge in [-0.15, -0.1) is 20.4 Å². The minimum atomic E-state index is -2.69. The van der Waals surface area contributed by atoms with E-state index in [1.165, 1.54) is 27.6 Å². The molecule has 2 unspecified atom stereocenters. The number of anilines is 3. The molecule has 3 aromatic rings. The summed E-state index contributed by atoms with van der Waals surface area (Å²) in [6.07, 6.45) is 4.23. The number of rotatable bonds is 8. The van der Waals surface area contributed by atoms with Crippen molar-refractivity contribution in [3.05, 3.63) is 33.9 Å². The average Bonchev–Trinajstić information content (AvgIpc) is 3.52. The van der Waals surface area contributed by atoms with E-state index in [9.17, 15) is 18.4 Å². The smallest absolute Gasteiger partial charge is 0.282 e. The van der Waals surface area contributed by atoms with Crippen LogP contribution >= 0.6 is 22.7 Å². The van der Waals surface area contributed by atoms with Gasteiger partial charge in [-0.2, -0.15) is 0 Å². The second-order valence-corrected chi connectivity index (χ2v) is 11.3. The Bertz CT molecular complexity index is 1270. The molecule has 4 heterocycles. The van der Waals surface area contributed by atoms with Gasteiger partial charge in [-0.05, 0) is 31.4 Å². The highest BCUT2D eigenvalue weighted by Crippen LogP contribution is 2.43. The first-order valence-corrected chi connectivity index (χ1v) is 13.8. The van der Waals surface area contributed by atoms with Crippen molar-refractivity contribution < 1.29 is 18.4 Å². The van der Waals surface area contributed by atoms with E-state index in [1.807, 2.05) is 0 Å². The zero-order chi connectivity index (χ0) is 26.0. The molecule has 37 heavy (non-hydrogen) atoms. The van der Waals surface area contributed by atoms with Crippen LogP contribution in [0, 0.1) is 0 Å². The third-order valence-corrected chi connectivity index (χ3v) is 8.37. The molecule has 0 spiro atoms. The number of nitrogens with zero attached hydrogens (tertiary/aromatic N) is 6. The molecule has 0 bridgehead atoms. The van der Waals surface area contributed by atoms with Crippen LogP contribution in [0.2, 0.25) is 0 Å². The van der Waals surface area contributed by atoms with E-state index in [0.717, 1.165) is 35.7 Å². The Morgan fingerprint density at radius 1 is 1.00 bits per heavy atom. The molecular weight excluding hydrogens is 522 g/mol. The van der Waals surface area contributed by atoms with Gasteiger partial charge in [-0.1, -0.05) is 42.1 Å². The maximum atomic E-state index is 13.2. The van der Waals surface area contributed by atoms with E-state index in [1.54, 1.807) is 25.1 Å². The lowest BCUT2D eigenvalue weighted by Gasteiger charge is -2.39. The predicted octanol–water partition coefficient (Wildman–Crippen LogP) is 4.21. The van der Waals surface area contributed by atoms with Gasteiger partial charge >= 0.3 is 0 Å². The highest BCUT2D eigenvalue weighted by Gasteiger charge is 2.44. The normalized spacial score (nSPS) is 20.8. The molecule has 1 saturated heterocycles. The van der Waals surface area contributed by atoms with Gasteiger partial charge in [0.25, 0.3) is 5.92 Å². The van der Waals surface area contributed by atoms with Gasteiger partial charge in [-0.25, -0.2) is 13.8 Å². The fourth-order valence-electron chi connectivity index (χ4n) is 4.49. The van der Waals surface area contributed by atoms with Crippen molar-refractivity contribution in [1.29, 1.82) is 0 Å². The van der Waals surface area contributed by atoms with E-state index in [-0.39, 0.29) is 43.2 Å². The number of aromatic nitrogens is 5. The van der Waals surface area contributed by atoms with Crippen molar-refractivity contribution >= 4 is 50.6 Å². The summed E-state index contributed by atoms with van der Waals surface area (Å²) in [5.41, 5.74) is 0.497. The second kappa shape index (κ2) is 10.7. The maximum absolute atomic E-state index is 13.2. The number of amides is 2. The van der Waals surface area contributed by atoms with E-state index in [4.69, 9.17) is 0 Å². The highest BCUT2D eigenvalue weighted by molar-refractivity contribution is 7.15. The first-order valence-electron chi connectivity index (χ1n) is 12.1. The molecule has 3 aromatic heterocycles. The van der Waals surface area contributed by atoms with Crippen molar-refractivity contribution in [2.75, 3.05) is 28.6 Å². The quantitative estimate of drug-likeness (QED) is 0.429. The summed E-state index contributed by atoms with van der Waals surface area (Å²) in [6, 6.07) is 5.07. The van der Waals surface area contributed by atoms with Gasteiger partial charge in [0, 0.05) is 18.3 Å². The molecule has 14 heteroatoms. The monoisotopic (exact) mass is 548 g/mol. The third-order valence-electron chi connectivity index (χ3n) is 6.37. The maximum Gasteiger partial charge on any atom is 0.282 e. The van der Waals surface area contributed by atoms with Gasteiger partial charge < -0.3 is 15.5 Å². The minimum absolute atomic E-state index is 0.00639. The zero-order valence-corrected chi connectivity index (χ0v) is 21.7. The molecule has 0 radical (unpaired) electrons. The minimum Gasteiger partial charge on any atom is -0.344 e. The van der Waals surface area contributed by atoms with E-state index < -0.39 is 5.92 Å². The first-order chi connectivity index (χ1) is 17.8. The molecule has 2 atom stereocenters. The third kappa shape index (κ3) is 6.24. The summed E-state index contributed by atoms with van der Waals surface area (Å²) < 4.78 is 26.3. The number of nitrogens with one attached hydrogen (secondary N) is 2. The Kier molecular flexibility index (Phi) is 7.38. The van der Waals surface area contributed by atoms with Crippen LogP contribution in [-0.4, -0.2) is 56.2 Å². The van der Waals surface area contributed by atoms with Crippen molar-refractivity contribution in [3.8, 4) is 0 Å². The van der Waals surface area contributed by atoms with Crippen LogP contribution in [0.3, 0.4) is 0 Å². The van der Waals surface area contributed by atoms with Gasteiger partial charge in [0.2, 0.25) is 22.1 Å². The summed E-state index contributed by atoms with van der Waals surface area (Å²) in [4.78, 5) is 30.0. The van der Waals surface area contributed by atoms with E-state index in [0.29, 0.717) is 28.2 Å². The fraction of sp³-hybridized carbons (Fsp3) is 0.522. The van der Waals surface area contributed by atoms with Crippen molar-refractivity contribution in [2.45, 2.75) is 63.2 Å². The molecule has 2 aliphatic rings.